The molecule has 0 spiro atoms. The topological polar surface area (TPSA) is 50.5 Å². The van der Waals surface area contributed by atoms with E-state index in [-0.39, 0.29) is 17.7 Å². The van der Waals surface area contributed by atoms with Crippen LogP contribution >= 0.6 is 51.1 Å². The predicted molar refractivity (Wildman–Crippen MR) is 120 cm³/mol. The van der Waals surface area contributed by atoms with E-state index < -0.39 is 0 Å². The fourth-order valence-electron chi connectivity index (χ4n) is 2.62. The summed E-state index contributed by atoms with van der Waals surface area (Å²) < 4.78 is 6.73. The number of hydrogen-bond donors (Lipinski definition) is 0. The molecule has 2 aromatic carbocycles. The molecule has 4 rings (SSSR count). The molecule has 1 saturated heterocycles. The van der Waals surface area contributed by atoms with Gasteiger partial charge >= 0.3 is 0 Å². The van der Waals surface area contributed by atoms with Gasteiger partial charge in [0, 0.05) is 20.5 Å². The van der Waals surface area contributed by atoms with E-state index in [4.69, 9.17) is 16.0 Å². The van der Waals surface area contributed by atoms with Crippen molar-refractivity contribution < 1.29 is 14.0 Å². The smallest absolute Gasteiger partial charge is 0.293 e. The zero-order valence-electron chi connectivity index (χ0n) is 14.8. The first-order valence-corrected chi connectivity index (χ1v) is 11.3. The molecular weight excluding hydrogens is 494 g/mol. The van der Waals surface area contributed by atoms with Crippen LogP contribution in [0.5, 0.6) is 0 Å². The van der Waals surface area contributed by atoms with Crippen LogP contribution < -0.4 is 0 Å². The Bertz CT molecular complexity index is 1090. The molecule has 1 aliphatic rings. The number of amides is 2. The lowest BCUT2D eigenvalue weighted by Crippen LogP contribution is -2.27. The number of furan rings is 1. The van der Waals surface area contributed by atoms with Crippen LogP contribution in [0.1, 0.15) is 11.3 Å². The van der Waals surface area contributed by atoms with Crippen LogP contribution in [0, 0.1) is 0 Å². The average molecular weight is 507 g/mol. The van der Waals surface area contributed by atoms with Crippen molar-refractivity contribution in [1.29, 1.82) is 0 Å². The molecule has 1 aliphatic heterocycles. The Balaban J connectivity index is 1.46. The normalized spacial score (nSPS) is 15.5. The molecule has 1 fully saturated rings. The van der Waals surface area contributed by atoms with Crippen LogP contribution in [0.4, 0.5) is 4.79 Å². The van der Waals surface area contributed by atoms with Gasteiger partial charge in [0.05, 0.1) is 11.4 Å². The van der Waals surface area contributed by atoms with Gasteiger partial charge in [-0.25, -0.2) is 0 Å². The SMILES string of the molecule is O=C1SC(=Cc2ccc(Sc3ccc(Cl)cc3)o2)C(=O)N1Cc1ccc(Br)cc1. The average Bonchev–Trinajstić information content (AvgIpc) is 3.25. The summed E-state index contributed by atoms with van der Waals surface area (Å²) in [5, 5.41) is 1.08. The summed E-state index contributed by atoms with van der Waals surface area (Å²) in [5.41, 5.74) is 0.886. The zero-order valence-corrected chi connectivity index (χ0v) is 18.8. The Morgan fingerprint density at radius 2 is 1.76 bits per heavy atom. The minimum Gasteiger partial charge on any atom is -0.450 e. The number of imide groups is 1. The summed E-state index contributed by atoms with van der Waals surface area (Å²) in [4.78, 5) is 27.6. The van der Waals surface area contributed by atoms with Crippen molar-refractivity contribution in [1.82, 2.24) is 4.90 Å². The van der Waals surface area contributed by atoms with Crippen molar-refractivity contribution in [3.63, 3.8) is 0 Å². The third-order valence-electron chi connectivity index (χ3n) is 4.04. The van der Waals surface area contributed by atoms with Crippen molar-refractivity contribution in [2.24, 2.45) is 0 Å². The fraction of sp³-hybridized carbons (Fsp3) is 0.0476. The van der Waals surface area contributed by atoms with E-state index >= 15 is 0 Å². The maximum Gasteiger partial charge on any atom is 0.293 e. The van der Waals surface area contributed by atoms with Crippen LogP contribution in [0.3, 0.4) is 0 Å². The zero-order chi connectivity index (χ0) is 20.4. The molecule has 2 heterocycles. The number of hydrogen-bond acceptors (Lipinski definition) is 5. The molecule has 0 aliphatic carbocycles. The molecule has 29 heavy (non-hydrogen) atoms. The van der Waals surface area contributed by atoms with Gasteiger partial charge in [-0.3, -0.25) is 14.5 Å². The van der Waals surface area contributed by atoms with Gasteiger partial charge in [-0.1, -0.05) is 51.4 Å². The van der Waals surface area contributed by atoms with Crippen LogP contribution in [0.2, 0.25) is 5.02 Å². The molecule has 4 nitrogen and oxygen atoms in total. The Hall–Kier alpha value is -1.93. The number of halogens is 2. The quantitative estimate of drug-likeness (QED) is 0.346. The lowest BCUT2D eigenvalue weighted by molar-refractivity contribution is -0.123. The number of nitrogens with zero attached hydrogens (tertiary/aromatic N) is 1. The molecule has 0 radical (unpaired) electrons. The molecule has 2 amide bonds. The summed E-state index contributed by atoms with van der Waals surface area (Å²) in [7, 11) is 0. The summed E-state index contributed by atoms with van der Waals surface area (Å²) in [5.74, 6) is 0.210. The van der Waals surface area contributed by atoms with Crippen molar-refractivity contribution >= 4 is 68.3 Å². The first kappa shape index (κ1) is 20.3. The van der Waals surface area contributed by atoms with E-state index in [2.05, 4.69) is 15.9 Å². The highest BCUT2D eigenvalue weighted by Gasteiger charge is 2.35. The molecule has 3 aromatic rings. The fourth-order valence-corrected chi connectivity index (χ4v) is 4.61. The molecule has 1 aromatic heterocycles. The minimum atomic E-state index is -0.314. The van der Waals surface area contributed by atoms with Gasteiger partial charge in [-0.05, 0) is 65.9 Å². The van der Waals surface area contributed by atoms with Gasteiger partial charge in [0.25, 0.3) is 11.1 Å². The van der Waals surface area contributed by atoms with Gasteiger partial charge in [0.2, 0.25) is 0 Å². The van der Waals surface area contributed by atoms with E-state index in [9.17, 15) is 9.59 Å². The van der Waals surface area contributed by atoms with Crippen LogP contribution in [-0.4, -0.2) is 16.0 Å². The lowest BCUT2D eigenvalue weighted by Gasteiger charge is -2.12. The van der Waals surface area contributed by atoms with Crippen LogP contribution in [0.25, 0.3) is 6.08 Å². The summed E-state index contributed by atoms with van der Waals surface area (Å²) >= 11 is 11.7. The molecule has 0 saturated carbocycles. The first-order valence-electron chi connectivity index (χ1n) is 8.51. The highest BCUT2D eigenvalue weighted by Crippen LogP contribution is 2.35. The highest BCUT2D eigenvalue weighted by atomic mass is 79.9. The van der Waals surface area contributed by atoms with Crippen molar-refractivity contribution in [2.75, 3.05) is 0 Å². The molecule has 8 heteroatoms. The second-order valence-corrected chi connectivity index (χ2v) is 9.53. The third kappa shape index (κ3) is 4.98. The van der Waals surface area contributed by atoms with Gasteiger partial charge in [-0.15, -0.1) is 0 Å². The number of carbonyl (C=O) groups excluding carboxylic acids is 2. The number of benzene rings is 2. The van der Waals surface area contributed by atoms with Crippen molar-refractivity contribution in [3.8, 4) is 0 Å². The molecule has 0 unspecified atom stereocenters. The molecule has 0 N–H and O–H groups in total. The van der Waals surface area contributed by atoms with E-state index in [1.807, 2.05) is 54.6 Å². The predicted octanol–water partition coefficient (Wildman–Crippen LogP) is 7.08. The Kier molecular flexibility index (Phi) is 6.20. The largest absolute Gasteiger partial charge is 0.450 e. The minimum absolute atomic E-state index is 0.241. The summed E-state index contributed by atoms with van der Waals surface area (Å²) in [6.45, 7) is 0.241. The van der Waals surface area contributed by atoms with Crippen LogP contribution in [-0.2, 0) is 11.3 Å². The van der Waals surface area contributed by atoms with E-state index in [1.165, 1.54) is 16.7 Å². The molecule has 0 bridgehead atoms. The van der Waals surface area contributed by atoms with E-state index in [0.717, 1.165) is 26.7 Å². The third-order valence-corrected chi connectivity index (χ3v) is 6.65. The number of rotatable bonds is 5. The maximum atomic E-state index is 12.7. The molecular formula is C21H13BrClNO3S2. The van der Waals surface area contributed by atoms with Gasteiger partial charge < -0.3 is 4.42 Å². The summed E-state index contributed by atoms with van der Waals surface area (Å²) in [6.07, 6.45) is 1.61. The van der Waals surface area contributed by atoms with Crippen molar-refractivity contribution in [3.05, 3.63) is 86.4 Å². The molecule has 146 valence electrons. The Morgan fingerprint density at radius 1 is 1.03 bits per heavy atom. The van der Waals surface area contributed by atoms with Crippen molar-refractivity contribution in [2.45, 2.75) is 16.5 Å². The Labute approximate surface area is 189 Å². The number of thioether (sulfide) groups is 1. The molecule has 0 atom stereocenters. The highest BCUT2D eigenvalue weighted by molar-refractivity contribution is 9.10. The second kappa shape index (κ2) is 8.83. The van der Waals surface area contributed by atoms with E-state index in [1.54, 1.807) is 12.1 Å². The van der Waals surface area contributed by atoms with Gasteiger partial charge in [0.15, 0.2) is 5.09 Å². The second-order valence-electron chi connectivity index (χ2n) is 6.11. The summed E-state index contributed by atoms with van der Waals surface area (Å²) in [6, 6.07) is 18.6. The number of carbonyl (C=O) groups is 2. The standard InChI is InChI=1S/C21H13BrClNO3S2/c22-14-3-1-13(2-4-14)12-24-20(25)18(29-21(24)26)11-16-7-10-19(27-16)28-17-8-5-15(23)6-9-17/h1-11H,12H2. The van der Waals surface area contributed by atoms with E-state index in [0.29, 0.717) is 20.8 Å². The first-order chi connectivity index (χ1) is 14.0. The lowest BCUT2D eigenvalue weighted by atomic mass is 10.2. The maximum absolute atomic E-state index is 12.7. The Morgan fingerprint density at radius 3 is 2.48 bits per heavy atom. The van der Waals surface area contributed by atoms with Gasteiger partial charge in [0.1, 0.15) is 5.76 Å². The van der Waals surface area contributed by atoms with Gasteiger partial charge in [-0.2, -0.15) is 0 Å². The van der Waals surface area contributed by atoms with Crippen LogP contribution in [0.15, 0.2) is 84.4 Å². The monoisotopic (exact) mass is 505 g/mol.